The molecule has 2 aromatic rings. The molecule has 2 aromatic carbocycles. The second-order valence-electron chi connectivity index (χ2n) is 4.80. The maximum absolute atomic E-state index is 12.1. The van der Waals surface area contributed by atoms with E-state index in [1.54, 1.807) is 12.1 Å². The lowest BCUT2D eigenvalue weighted by molar-refractivity contribution is -0.123. The maximum Gasteiger partial charge on any atom is 0.340 e. The van der Waals surface area contributed by atoms with Crippen molar-refractivity contribution in [3.63, 3.8) is 0 Å². The minimum absolute atomic E-state index is 0.0680. The van der Waals surface area contributed by atoms with Gasteiger partial charge in [-0.15, -0.1) is 0 Å². The summed E-state index contributed by atoms with van der Waals surface area (Å²) >= 11 is 23.5. The van der Waals surface area contributed by atoms with Crippen molar-refractivity contribution in [3.8, 4) is 0 Å². The molecule has 8 heteroatoms. The van der Waals surface area contributed by atoms with Crippen molar-refractivity contribution < 1.29 is 14.3 Å². The van der Waals surface area contributed by atoms with Gasteiger partial charge in [-0.2, -0.15) is 0 Å². The third-order valence-corrected chi connectivity index (χ3v) is 4.21. The van der Waals surface area contributed by atoms with Crippen LogP contribution < -0.4 is 5.32 Å². The molecule has 0 radical (unpaired) electrons. The monoisotopic (exact) mass is 405 g/mol. The SMILES string of the molecule is C[C@H](OC(=O)c1cccc(Cl)c1Cl)C(=O)Nc1cc(Cl)cc(Cl)c1. The van der Waals surface area contributed by atoms with Crippen molar-refractivity contribution in [2.45, 2.75) is 13.0 Å². The number of benzene rings is 2. The fourth-order valence-electron chi connectivity index (χ4n) is 1.81. The predicted molar refractivity (Wildman–Crippen MR) is 96.4 cm³/mol. The van der Waals surface area contributed by atoms with E-state index < -0.39 is 18.0 Å². The van der Waals surface area contributed by atoms with E-state index in [9.17, 15) is 9.59 Å². The normalized spacial score (nSPS) is 11.7. The zero-order valence-corrected chi connectivity index (χ0v) is 15.3. The molecule has 24 heavy (non-hydrogen) atoms. The summed E-state index contributed by atoms with van der Waals surface area (Å²) in [5, 5.41) is 3.59. The average Bonchev–Trinajstić information content (AvgIpc) is 2.48. The Kier molecular flexibility index (Phi) is 6.35. The van der Waals surface area contributed by atoms with Crippen LogP contribution in [0.2, 0.25) is 20.1 Å². The number of halogens is 4. The fraction of sp³-hybridized carbons (Fsp3) is 0.125. The van der Waals surface area contributed by atoms with Gasteiger partial charge >= 0.3 is 5.97 Å². The van der Waals surface area contributed by atoms with Gasteiger partial charge < -0.3 is 10.1 Å². The summed E-state index contributed by atoms with van der Waals surface area (Å²) in [6.07, 6.45) is -1.06. The van der Waals surface area contributed by atoms with Gasteiger partial charge in [0.25, 0.3) is 5.91 Å². The van der Waals surface area contributed by atoms with Crippen LogP contribution >= 0.6 is 46.4 Å². The van der Waals surface area contributed by atoms with Crippen molar-refractivity contribution in [1.82, 2.24) is 0 Å². The van der Waals surface area contributed by atoms with Gasteiger partial charge in [0, 0.05) is 15.7 Å². The zero-order chi connectivity index (χ0) is 17.9. The molecule has 0 aliphatic rings. The van der Waals surface area contributed by atoms with E-state index in [4.69, 9.17) is 51.1 Å². The number of anilines is 1. The topological polar surface area (TPSA) is 55.4 Å². The Morgan fingerprint density at radius 1 is 1.04 bits per heavy atom. The summed E-state index contributed by atoms with van der Waals surface area (Å²) < 4.78 is 5.11. The minimum Gasteiger partial charge on any atom is -0.449 e. The quantitative estimate of drug-likeness (QED) is 0.683. The minimum atomic E-state index is -1.06. The number of carbonyl (C=O) groups is 2. The number of hydrogen-bond acceptors (Lipinski definition) is 3. The molecular weight excluding hydrogens is 396 g/mol. The van der Waals surface area contributed by atoms with E-state index in [0.717, 1.165) is 0 Å². The van der Waals surface area contributed by atoms with Crippen LogP contribution in [-0.4, -0.2) is 18.0 Å². The molecule has 4 nitrogen and oxygen atoms in total. The van der Waals surface area contributed by atoms with Crippen LogP contribution in [0.25, 0.3) is 0 Å². The van der Waals surface area contributed by atoms with Gasteiger partial charge in [0.05, 0.1) is 15.6 Å². The number of carbonyl (C=O) groups excluding carboxylic acids is 2. The first kappa shape index (κ1) is 18.9. The summed E-state index contributed by atoms with van der Waals surface area (Å²) in [5.74, 6) is -1.30. The van der Waals surface area contributed by atoms with Crippen LogP contribution in [-0.2, 0) is 9.53 Å². The van der Waals surface area contributed by atoms with Crippen molar-refractivity contribution in [2.24, 2.45) is 0 Å². The lowest BCUT2D eigenvalue weighted by Crippen LogP contribution is -2.30. The maximum atomic E-state index is 12.1. The largest absolute Gasteiger partial charge is 0.449 e. The first-order valence-corrected chi connectivity index (χ1v) is 8.21. The number of ether oxygens (including phenoxy) is 1. The van der Waals surface area contributed by atoms with Crippen LogP contribution in [0.1, 0.15) is 17.3 Å². The van der Waals surface area contributed by atoms with Gasteiger partial charge in [0.2, 0.25) is 0 Å². The van der Waals surface area contributed by atoms with Crippen molar-refractivity contribution in [1.29, 1.82) is 0 Å². The standard InChI is InChI=1S/C16H11Cl4NO3/c1-8(15(22)21-11-6-9(17)5-10(18)7-11)24-16(23)12-3-2-4-13(19)14(12)20/h2-8H,1H3,(H,21,22)/t8-/m0/s1. The second kappa shape index (κ2) is 8.08. The van der Waals surface area contributed by atoms with Crippen LogP contribution in [0.5, 0.6) is 0 Å². The number of amides is 1. The van der Waals surface area contributed by atoms with Crippen LogP contribution in [0.15, 0.2) is 36.4 Å². The molecular formula is C16H11Cl4NO3. The highest BCUT2D eigenvalue weighted by molar-refractivity contribution is 6.43. The van der Waals surface area contributed by atoms with Crippen LogP contribution in [0.4, 0.5) is 5.69 Å². The Morgan fingerprint density at radius 2 is 1.67 bits per heavy atom. The third-order valence-electron chi connectivity index (χ3n) is 2.95. The second-order valence-corrected chi connectivity index (χ2v) is 6.45. The third kappa shape index (κ3) is 4.77. The summed E-state index contributed by atoms with van der Waals surface area (Å²) in [5.41, 5.74) is 0.468. The summed E-state index contributed by atoms with van der Waals surface area (Å²) in [6, 6.07) is 9.13. The molecule has 0 spiro atoms. The molecule has 0 fully saturated rings. The van der Waals surface area contributed by atoms with Crippen molar-refractivity contribution >= 4 is 64.0 Å². The molecule has 0 heterocycles. The number of rotatable bonds is 4. The van der Waals surface area contributed by atoms with Gasteiger partial charge in [-0.3, -0.25) is 4.79 Å². The highest BCUT2D eigenvalue weighted by atomic mass is 35.5. The molecule has 0 saturated carbocycles. The Morgan fingerprint density at radius 3 is 2.29 bits per heavy atom. The van der Waals surface area contributed by atoms with Crippen molar-refractivity contribution in [2.75, 3.05) is 5.32 Å². The van der Waals surface area contributed by atoms with E-state index in [1.807, 2.05) is 0 Å². The Bertz CT molecular complexity index is 775. The Labute approximate surface area is 158 Å². The number of hydrogen-bond donors (Lipinski definition) is 1. The van der Waals surface area contributed by atoms with Crippen LogP contribution in [0, 0.1) is 0 Å². The van der Waals surface area contributed by atoms with E-state index in [-0.39, 0.29) is 15.6 Å². The van der Waals surface area contributed by atoms with E-state index in [0.29, 0.717) is 15.7 Å². The highest BCUT2D eigenvalue weighted by Gasteiger charge is 2.21. The Balaban J connectivity index is 2.05. The molecule has 126 valence electrons. The molecule has 1 amide bonds. The van der Waals surface area contributed by atoms with E-state index in [1.165, 1.54) is 31.2 Å². The van der Waals surface area contributed by atoms with Crippen LogP contribution in [0.3, 0.4) is 0 Å². The van der Waals surface area contributed by atoms with Gasteiger partial charge in [-0.05, 0) is 37.3 Å². The smallest absolute Gasteiger partial charge is 0.340 e. The molecule has 0 aliphatic heterocycles. The fourth-order valence-corrected chi connectivity index (χ4v) is 2.71. The summed E-state index contributed by atoms with van der Waals surface area (Å²) in [6.45, 7) is 1.43. The molecule has 0 aromatic heterocycles. The molecule has 0 bridgehead atoms. The lowest BCUT2D eigenvalue weighted by atomic mass is 10.2. The molecule has 2 rings (SSSR count). The molecule has 1 N–H and O–H groups in total. The lowest BCUT2D eigenvalue weighted by Gasteiger charge is -2.14. The number of esters is 1. The molecule has 0 unspecified atom stereocenters. The van der Waals surface area contributed by atoms with Gasteiger partial charge in [0.15, 0.2) is 6.10 Å². The molecule has 0 aliphatic carbocycles. The average molecular weight is 407 g/mol. The first-order chi connectivity index (χ1) is 11.3. The molecule has 1 atom stereocenters. The summed E-state index contributed by atoms with van der Waals surface area (Å²) in [4.78, 5) is 24.2. The summed E-state index contributed by atoms with van der Waals surface area (Å²) in [7, 11) is 0. The Hall–Kier alpha value is -1.46. The highest BCUT2D eigenvalue weighted by Crippen LogP contribution is 2.26. The van der Waals surface area contributed by atoms with Gasteiger partial charge in [-0.25, -0.2) is 4.79 Å². The van der Waals surface area contributed by atoms with Gasteiger partial charge in [-0.1, -0.05) is 52.5 Å². The predicted octanol–water partition coefficient (Wildman–Crippen LogP) is 5.48. The van der Waals surface area contributed by atoms with Crippen molar-refractivity contribution in [3.05, 3.63) is 62.1 Å². The van der Waals surface area contributed by atoms with Gasteiger partial charge in [0.1, 0.15) is 0 Å². The number of nitrogens with one attached hydrogen (secondary N) is 1. The first-order valence-electron chi connectivity index (χ1n) is 6.70. The van der Waals surface area contributed by atoms with E-state index >= 15 is 0 Å². The van der Waals surface area contributed by atoms with E-state index in [2.05, 4.69) is 5.32 Å². The zero-order valence-electron chi connectivity index (χ0n) is 12.3. The molecule has 0 saturated heterocycles.